The van der Waals surface area contributed by atoms with Crippen LogP contribution in [-0.4, -0.2) is 35.4 Å². The van der Waals surface area contributed by atoms with Crippen LogP contribution in [0.5, 0.6) is 0 Å². The first-order chi connectivity index (χ1) is 4.57. The Morgan fingerprint density at radius 1 is 1.90 bits per heavy atom. The summed E-state index contributed by atoms with van der Waals surface area (Å²) in [4.78, 5) is 15.4. The summed E-state index contributed by atoms with van der Waals surface area (Å²) < 4.78 is 0. The highest BCUT2D eigenvalue weighted by atomic mass is 16.6. The van der Waals surface area contributed by atoms with E-state index in [1.165, 1.54) is 13.1 Å². The van der Waals surface area contributed by atoms with E-state index in [2.05, 4.69) is 4.99 Å². The molecule has 0 amide bonds. The van der Waals surface area contributed by atoms with Crippen LogP contribution in [-0.2, 0) is 0 Å². The molecule has 1 aliphatic heterocycles. The molecule has 5 heteroatoms. The maximum absolute atomic E-state index is 10.4. The Morgan fingerprint density at radius 3 is 2.70 bits per heavy atom. The van der Waals surface area contributed by atoms with E-state index >= 15 is 0 Å². The monoisotopic (exact) mass is 143 g/mol. The van der Waals surface area contributed by atoms with Gasteiger partial charge in [0.15, 0.2) is 0 Å². The van der Waals surface area contributed by atoms with E-state index in [0.29, 0.717) is 6.67 Å². The van der Waals surface area contributed by atoms with Crippen molar-refractivity contribution in [3.63, 3.8) is 0 Å². The molecule has 1 rings (SSSR count). The summed E-state index contributed by atoms with van der Waals surface area (Å²) in [6, 6.07) is 0. The summed E-state index contributed by atoms with van der Waals surface area (Å²) >= 11 is 0. The molecule has 0 radical (unpaired) electrons. The lowest BCUT2D eigenvalue weighted by Crippen LogP contribution is -2.47. The van der Waals surface area contributed by atoms with Crippen LogP contribution in [0.2, 0.25) is 0 Å². The number of nitro groups is 1. The summed E-state index contributed by atoms with van der Waals surface area (Å²) in [5.74, 6) is 0. The second-order valence-corrected chi connectivity index (χ2v) is 2.50. The molecule has 0 aromatic rings. The van der Waals surface area contributed by atoms with Crippen LogP contribution in [0, 0.1) is 10.1 Å². The molecule has 10 heavy (non-hydrogen) atoms. The minimum Gasteiger partial charge on any atom is -0.273 e. The molecular formula is C5H9N3O2. The first-order valence-corrected chi connectivity index (χ1v) is 2.94. The van der Waals surface area contributed by atoms with Gasteiger partial charge in [0, 0.05) is 11.8 Å². The van der Waals surface area contributed by atoms with Crippen molar-refractivity contribution in [2.24, 2.45) is 4.99 Å². The van der Waals surface area contributed by atoms with Gasteiger partial charge >= 0.3 is 5.66 Å². The summed E-state index contributed by atoms with van der Waals surface area (Å²) in [6.07, 6.45) is 1.37. The quantitative estimate of drug-likeness (QED) is 0.382. The molecule has 0 aromatic carbocycles. The molecule has 56 valence electrons. The first kappa shape index (κ1) is 7.14. The third-order valence-electron chi connectivity index (χ3n) is 1.77. The third kappa shape index (κ3) is 0.786. The lowest BCUT2D eigenvalue weighted by Gasteiger charge is -2.19. The predicted octanol–water partition coefficient (Wildman–Crippen LogP) is -0.0470. The Hall–Kier alpha value is -0.970. The SMILES string of the molecule is CN1CN=CC1(C)[N+](=O)[O-]. The van der Waals surface area contributed by atoms with Crippen molar-refractivity contribution in [3.05, 3.63) is 10.1 Å². The Balaban J connectivity index is 2.85. The van der Waals surface area contributed by atoms with Crippen molar-refractivity contribution in [2.45, 2.75) is 12.6 Å². The zero-order chi connectivity index (χ0) is 7.78. The highest BCUT2D eigenvalue weighted by molar-refractivity contribution is 5.68. The molecule has 5 nitrogen and oxygen atoms in total. The van der Waals surface area contributed by atoms with Crippen LogP contribution in [0.4, 0.5) is 0 Å². The Bertz CT molecular complexity index is 191. The Morgan fingerprint density at radius 2 is 2.50 bits per heavy atom. The second-order valence-electron chi connectivity index (χ2n) is 2.50. The maximum atomic E-state index is 10.4. The molecule has 1 atom stereocenters. The fourth-order valence-corrected chi connectivity index (χ4v) is 0.764. The molecule has 1 unspecified atom stereocenters. The van der Waals surface area contributed by atoms with Gasteiger partial charge in [0.1, 0.15) is 0 Å². The van der Waals surface area contributed by atoms with Crippen molar-refractivity contribution in [1.29, 1.82) is 0 Å². The minimum atomic E-state index is -1.08. The predicted molar refractivity (Wildman–Crippen MR) is 36.5 cm³/mol. The molecule has 0 saturated carbocycles. The first-order valence-electron chi connectivity index (χ1n) is 2.94. The average Bonchev–Trinajstić information content (AvgIpc) is 2.15. The van der Waals surface area contributed by atoms with Crippen LogP contribution < -0.4 is 0 Å². The molecule has 0 aromatic heterocycles. The largest absolute Gasteiger partial charge is 0.311 e. The van der Waals surface area contributed by atoms with E-state index in [9.17, 15) is 10.1 Å². The van der Waals surface area contributed by atoms with E-state index in [-0.39, 0.29) is 4.92 Å². The highest BCUT2D eigenvalue weighted by Gasteiger charge is 2.42. The Kier molecular flexibility index (Phi) is 1.44. The molecule has 0 saturated heterocycles. The normalized spacial score (nSPS) is 33.0. The van der Waals surface area contributed by atoms with E-state index in [4.69, 9.17) is 0 Å². The third-order valence-corrected chi connectivity index (χ3v) is 1.77. The maximum Gasteiger partial charge on any atom is 0.311 e. The Labute approximate surface area is 58.5 Å². The topological polar surface area (TPSA) is 58.7 Å². The summed E-state index contributed by atoms with van der Waals surface area (Å²) in [6.45, 7) is 1.95. The highest BCUT2D eigenvalue weighted by Crippen LogP contribution is 2.15. The van der Waals surface area contributed by atoms with Crippen molar-refractivity contribution in [2.75, 3.05) is 13.7 Å². The van der Waals surface area contributed by atoms with Gasteiger partial charge in [-0.25, -0.2) is 4.90 Å². The second kappa shape index (κ2) is 2.02. The van der Waals surface area contributed by atoms with Crippen LogP contribution >= 0.6 is 0 Å². The van der Waals surface area contributed by atoms with Gasteiger partial charge in [-0.05, 0) is 7.05 Å². The van der Waals surface area contributed by atoms with Gasteiger partial charge in [-0.2, -0.15) is 0 Å². The van der Waals surface area contributed by atoms with Gasteiger partial charge in [-0.3, -0.25) is 15.1 Å². The van der Waals surface area contributed by atoms with Gasteiger partial charge in [-0.1, -0.05) is 0 Å². The van der Waals surface area contributed by atoms with Crippen LogP contribution in [0.15, 0.2) is 4.99 Å². The molecule has 0 spiro atoms. The zero-order valence-corrected chi connectivity index (χ0v) is 5.94. The fraction of sp³-hybridized carbons (Fsp3) is 0.800. The standard InChI is InChI=1S/C5H9N3O2/c1-5(8(9)10)3-6-4-7(5)2/h3H,4H2,1-2H3. The molecule has 0 bridgehead atoms. The van der Waals surface area contributed by atoms with E-state index in [0.717, 1.165) is 0 Å². The van der Waals surface area contributed by atoms with Crippen molar-refractivity contribution in [1.82, 2.24) is 4.90 Å². The lowest BCUT2D eigenvalue weighted by atomic mass is 10.2. The average molecular weight is 143 g/mol. The molecule has 1 aliphatic rings. The van der Waals surface area contributed by atoms with E-state index in [1.807, 2.05) is 0 Å². The number of nitrogens with zero attached hydrogens (tertiary/aromatic N) is 3. The number of hydrogen-bond acceptors (Lipinski definition) is 4. The van der Waals surface area contributed by atoms with Crippen molar-refractivity contribution < 1.29 is 4.92 Å². The van der Waals surface area contributed by atoms with Crippen molar-refractivity contribution >= 4 is 6.21 Å². The van der Waals surface area contributed by atoms with Crippen LogP contribution in [0.25, 0.3) is 0 Å². The summed E-state index contributed by atoms with van der Waals surface area (Å²) in [5.41, 5.74) is -1.08. The van der Waals surface area contributed by atoms with Gasteiger partial charge < -0.3 is 0 Å². The number of hydrogen-bond donors (Lipinski definition) is 0. The number of rotatable bonds is 1. The molecule has 0 N–H and O–H groups in total. The fourth-order valence-electron chi connectivity index (χ4n) is 0.764. The number of aliphatic imine (C=N–C) groups is 1. The van der Waals surface area contributed by atoms with Gasteiger partial charge in [0.05, 0.1) is 12.9 Å². The summed E-state index contributed by atoms with van der Waals surface area (Å²) in [7, 11) is 1.68. The molecule has 1 heterocycles. The lowest BCUT2D eigenvalue weighted by molar-refractivity contribution is -0.567. The van der Waals surface area contributed by atoms with Crippen LogP contribution in [0.1, 0.15) is 6.92 Å². The smallest absolute Gasteiger partial charge is 0.273 e. The van der Waals surface area contributed by atoms with E-state index in [1.54, 1.807) is 11.9 Å². The van der Waals surface area contributed by atoms with Crippen LogP contribution in [0.3, 0.4) is 0 Å². The van der Waals surface area contributed by atoms with Gasteiger partial charge in [0.25, 0.3) is 0 Å². The zero-order valence-electron chi connectivity index (χ0n) is 5.94. The molecular weight excluding hydrogens is 134 g/mol. The summed E-state index contributed by atoms with van der Waals surface area (Å²) in [5, 5.41) is 10.4. The van der Waals surface area contributed by atoms with Gasteiger partial charge in [0.2, 0.25) is 0 Å². The molecule has 0 fully saturated rings. The van der Waals surface area contributed by atoms with E-state index < -0.39 is 5.66 Å². The minimum absolute atomic E-state index is 0.344. The van der Waals surface area contributed by atoms with Gasteiger partial charge in [-0.15, -0.1) is 0 Å². The molecule has 0 aliphatic carbocycles. The van der Waals surface area contributed by atoms with Crippen molar-refractivity contribution in [3.8, 4) is 0 Å².